The normalized spacial score (nSPS) is 24.7. The van der Waals surface area contributed by atoms with E-state index < -0.39 is 54.6 Å². The van der Waals surface area contributed by atoms with Crippen molar-refractivity contribution in [1.82, 2.24) is 0 Å². The average molecular weight is 454 g/mol. The van der Waals surface area contributed by atoms with E-state index in [1.807, 2.05) is 0 Å². The van der Waals surface area contributed by atoms with Crippen LogP contribution in [0.5, 0.6) is 11.5 Å². The van der Waals surface area contributed by atoms with Gasteiger partial charge in [-0.05, 0) is 30.7 Å². The van der Waals surface area contributed by atoms with E-state index in [0.29, 0.717) is 5.56 Å². The van der Waals surface area contributed by atoms with Crippen LogP contribution >= 0.6 is 0 Å². The van der Waals surface area contributed by atoms with Gasteiger partial charge in [0.05, 0.1) is 0 Å². The average Bonchev–Trinajstić information content (AvgIpc) is 2.66. The lowest BCUT2D eigenvalue weighted by atomic mass is 9.98. The van der Waals surface area contributed by atoms with Crippen LogP contribution in [0.15, 0.2) is 18.2 Å². The van der Waals surface area contributed by atoms with E-state index in [4.69, 9.17) is 28.4 Å². The van der Waals surface area contributed by atoms with Crippen molar-refractivity contribution in [3.63, 3.8) is 0 Å². The minimum Gasteiger partial charge on any atom is -0.508 e. The standard InChI is InChI=1S/C21H26O11/c1-10-8-15(6-7-16(10)26)31-21-20(30-14(5)25)19(29-13(4)24)18(28-12(3)23)17(32-21)9-27-11(2)22/h6-8,17-21,26H,9H2,1-5H3/t17-,18-,19+,20-,21-/m1/s1. The maximum absolute atomic E-state index is 11.8. The van der Waals surface area contributed by atoms with Gasteiger partial charge in [0.2, 0.25) is 12.4 Å². The molecule has 0 bridgehead atoms. The van der Waals surface area contributed by atoms with E-state index in [9.17, 15) is 24.3 Å². The van der Waals surface area contributed by atoms with E-state index in [2.05, 4.69) is 0 Å². The second-order valence-corrected chi connectivity index (χ2v) is 7.13. The summed E-state index contributed by atoms with van der Waals surface area (Å²) in [5, 5.41) is 9.73. The number of hydrogen-bond acceptors (Lipinski definition) is 11. The number of aryl methyl sites for hydroxylation is 1. The number of aromatic hydroxyl groups is 1. The third kappa shape index (κ3) is 6.84. The lowest BCUT2D eigenvalue weighted by Gasteiger charge is -2.43. The molecule has 11 heteroatoms. The minimum atomic E-state index is -1.33. The molecule has 176 valence electrons. The molecule has 1 aromatic carbocycles. The first-order chi connectivity index (χ1) is 15.0. The molecule has 32 heavy (non-hydrogen) atoms. The highest BCUT2D eigenvalue weighted by Crippen LogP contribution is 2.32. The smallest absolute Gasteiger partial charge is 0.303 e. The van der Waals surface area contributed by atoms with Crippen LogP contribution in [-0.2, 0) is 42.9 Å². The summed E-state index contributed by atoms with van der Waals surface area (Å²) in [7, 11) is 0. The second kappa shape index (κ2) is 10.8. The molecule has 5 atom stereocenters. The van der Waals surface area contributed by atoms with Crippen LogP contribution in [0.4, 0.5) is 0 Å². The minimum absolute atomic E-state index is 0.0406. The highest BCUT2D eigenvalue weighted by atomic mass is 16.7. The Kier molecular flexibility index (Phi) is 8.41. The molecular formula is C21H26O11. The van der Waals surface area contributed by atoms with Crippen molar-refractivity contribution in [2.75, 3.05) is 6.61 Å². The van der Waals surface area contributed by atoms with Gasteiger partial charge in [0.15, 0.2) is 12.2 Å². The summed E-state index contributed by atoms with van der Waals surface area (Å²) in [4.78, 5) is 46.6. The topological polar surface area (TPSA) is 144 Å². The molecule has 2 rings (SSSR count). The highest BCUT2D eigenvalue weighted by molar-refractivity contribution is 5.68. The largest absolute Gasteiger partial charge is 0.508 e. The summed E-state index contributed by atoms with van der Waals surface area (Å²) in [6.07, 6.45) is -6.36. The number of phenolic OH excluding ortho intramolecular Hbond substituents is 1. The van der Waals surface area contributed by atoms with Crippen molar-refractivity contribution in [1.29, 1.82) is 0 Å². The van der Waals surface area contributed by atoms with Crippen LogP contribution in [-0.4, -0.2) is 66.3 Å². The summed E-state index contributed by atoms with van der Waals surface area (Å²) in [5.74, 6) is -2.52. The van der Waals surface area contributed by atoms with Crippen molar-refractivity contribution < 1.29 is 52.7 Å². The predicted molar refractivity (Wildman–Crippen MR) is 105 cm³/mol. The predicted octanol–water partition coefficient (Wildman–Crippen LogP) is 1.16. The summed E-state index contributed by atoms with van der Waals surface area (Å²) in [5.41, 5.74) is 0.508. The lowest BCUT2D eigenvalue weighted by Crippen LogP contribution is -2.63. The zero-order valence-electron chi connectivity index (χ0n) is 18.4. The first kappa shape index (κ1) is 24.9. The number of rotatable bonds is 7. The Morgan fingerprint density at radius 1 is 0.875 bits per heavy atom. The zero-order chi connectivity index (χ0) is 24.0. The molecule has 1 fully saturated rings. The fourth-order valence-corrected chi connectivity index (χ4v) is 3.12. The van der Waals surface area contributed by atoms with E-state index >= 15 is 0 Å². The fraction of sp³-hybridized carbons (Fsp3) is 0.524. The first-order valence-corrected chi connectivity index (χ1v) is 9.74. The van der Waals surface area contributed by atoms with Crippen molar-refractivity contribution in [3.8, 4) is 11.5 Å². The number of ether oxygens (including phenoxy) is 6. The van der Waals surface area contributed by atoms with E-state index in [-0.39, 0.29) is 18.1 Å². The Morgan fingerprint density at radius 3 is 1.97 bits per heavy atom. The molecule has 0 amide bonds. The van der Waals surface area contributed by atoms with Gasteiger partial charge in [-0.1, -0.05) is 0 Å². The third-order valence-electron chi connectivity index (χ3n) is 4.37. The molecule has 1 aromatic rings. The number of hydrogen-bond donors (Lipinski definition) is 1. The van der Waals surface area contributed by atoms with Crippen LogP contribution in [0, 0.1) is 6.92 Å². The van der Waals surface area contributed by atoms with E-state index in [1.165, 1.54) is 25.1 Å². The molecular weight excluding hydrogens is 428 g/mol. The van der Waals surface area contributed by atoms with Gasteiger partial charge in [-0.3, -0.25) is 19.2 Å². The molecule has 0 unspecified atom stereocenters. The fourth-order valence-electron chi connectivity index (χ4n) is 3.12. The van der Waals surface area contributed by atoms with Gasteiger partial charge in [-0.15, -0.1) is 0 Å². The van der Waals surface area contributed by atoms with Crippen LogP contribution in [0.2, 0.25) is 0 Å². The van der Waals surface area contributed by atoms with Gasteiger partial charge in [0.1, 0.15) is 24.2 Å². The molecule has 1 aliphatic heterocycles. The lowest BCUT2D eigenvalue weighted by molar-refractivity contribution is -0.288. The summed E-state index contributed by atoms with van der Waals surface area (Å²) in [6, 6.07) is 4.37. The summed E-state index contributed by atoms with van der Waals surface area (Å²) < 4.78 is 32.6. The van der Waals surface area contributed by atoms with Crippen LogP contribution in [0.25, 0.3) is 0 Å². The molecule has 0 saturated carbocycles. The van der Waals surface area contributed by atoms with Gasteiger partial charge < -0.3 is 33.5 Å². The first-order valence-electron chi connectivity index (χ1n) is 9.74. The van der Waals surface area contributed by atoms with Gasteiger partial charge in [-0.2, -0.15) is 0 Å². The monoisotopic (exact) mass is 454 g/mol. The van der Waals surface area contributed by atoms with Gasteiger partial charge in [0, 0.05) is 27.7 Å². The van der Waals surface area contributed by atoms with E-state index in [0.717, 1.165) is 20.8 Å². The maximum Gasteiger partial charge on any atom is 0.303 e. The van der Waals surface area contributed by atoms with Gasteiger partial charge in [-0.25, -0.2) is 0 Å². The van der Waals surface area contributed by atoms with Gasteiger partial charge in [0.25, 0.3) is 0 Å². The molecule has 0 aliphatic carbocycles. The number of carbonyl (C=O) groups is 4. The molecule has 0 spiro atoms. The van der Waals surface area contributed by atoms with E-state index in [1.54, 1.807) is 6.92 Å². The summed E-state index contributed by atoms with van der Waals surface area (Å²) >= 11 is 0. The Bertz CT molecular complexity index is 865. The SMILES string of the molecule is CC(=O)OC[C@H]1O[C@@H](Oc2ccc(O)c(C)c2)[C@H](OC(C)=O)[C@@H](OC(C)=O)[C@@H]1OC(C)=O. The molecule has 1 N–H and O–H groups in total. The second-order valence-electron chi connectivity index (χ2n) is 7.13. The maximum atomic E-state index is 11.8. The Hall–Kier alpha value is -3.34. The van der Waals surface area contributed by atoms with Crippen molar-refractivity contribution in [3.05, 3.63) is 23.8 Å². The zero-order valence-corrected chi connectivity index (χ0v) is 18.4. The van der Waals surface area contributed by atoms with Crippen LogP contribution in [0.3, 0.4) is 0 Å². The molecule has 1 saturated heterocycles. The van der Waals surface area contributed by atoms with Crippen molar-refractivity contribution in [2.45, 2.75) is 65.3 Å². The third-order valence-corrected chi connectivity index (χ3v) is 4.37. The Morgan fingerprint density at radius 2 is 1.44 bits per heavy atom. The Labute approximate surface area is 184 Å². The number of carbonyl (C=O) groups excluding carboxylic acids is 4. The van der Waals surface area contributed by atoms with Gasteiger partial charge >= 0.3 is 23.9 Å². The van der Waals surface area contributed by atoms with Crippen LogP contribution < -0.4 is 4.74 Å². The quantitative estimate of drug-likeness (QED) is 0.468. The van der Waals surface area contributed by atoms with Crippen molar-refractivity contribution in [2.24, 2.45) is 0 Å². The number of phenols is 1. The molecule has 1 heterocycles. The number of benzene rings is 1. The van der Waals surface area contributed by atoms with Crippen LogP contribution in [0.1, 0.15) is 33.3 Å². The highest BCUT2D eigenvalue weighted by Gasteiger charge is 2.53. The molecule has 11 nitrogen and oxygen atoms in total. The van der Waals surface area contributed by atoms with Crippen molar-refractivity contribution >= 4 is 23.9 Å². The molecule has 0 radical (unpaired) electrons. The summed E-state index contributed by atoms with van der Waals surface area (Å²) in [6.45, 7) is 5.88. The molecule has 1 aliphatic rings. The molecule has 0 aromatic heterocycles. The Balaban J connectivity index is 2.46. The number of esters is 4.